The van der Waals surface area contributed by atoms with Crippen LogP contribution in [0.15, 0.2) is 0 Å². The lowest BCUT2D eigenvalue weighted by Gasteiger charge is -2.22. The monoisotopic (exact) mass is 558 g/mol. The molecule has 4 aliphatic heterocycles. The zero-order valence-electron chi connectivity index (χ0n) is 18.6. The maximum Gasteiger partial charge on any atom is 0.302 e. The van der Waals surface area contributed by atoms with Crippen LogP contribution in [0.1, 0.15) is 48.0 Å². The molecule has 7 atom stereocenters. The molecule has 4 aliphatic rings. The molecular formula is C20H31IO10. The average molecular weight is 558 g/mol. The third kappa shape index (κ3) is 6.71. The molecule has 0 aromatic heterocycles. The number of alkyl halides is 1. The van der Waals surface area contributed by atoms with Gasteiger partial charge in [-0.1, -0.05) is 22.6 Å². The Hall–Kier alpha value is -0.570. The first-order chi connectivity index (χ1) is 14.3. The van der Waals surface area contributed by atoms with E-state index in [-0.39, 0.29) is 66.1 Å². The Balaban J connectivity index is 0.000000176. The molecule has 0 aromatic rings. The van der Waals surface area contributed by atoms with E-state index >= 15 is 0 Å². The lowest BCUT2D eigenvalue weighted by molar-refractivity contribution is -0.209. The molecule has 0 N–H and O–H groups in total. The number of hydrogen-bond acceptors (Lipinski definition) is 10. The van der Waals surface area contributed by atoms with Gasteiger partial charge in [-0.05, 0) is 27.7 Å². The van der Waals surface area contributed by atoms with Crippen molar-refractivity contribution in [2.75, 3.05) is 13.2 Å². The SMILES string of the molecule is CC(=O)OC[C@@H]1C[C@H]2OC(C)(C)OC2O1.CC(=O)OC[C@H]1OC2OC(C)(C)O[C@@H]2[C@H]1I. The van der Waals surface area contributed by atoms with Crippen molar-refractivity contribution in [3.05, 3.63) is 0 Å². The van der Waals surface area contributed by atoms with Crippen molar-refractivity contribution in [3.8, 4) is 0 Å². The van der Waals surface area contributed by atoms with Crippen molar-refractivity contribution in [2.24, 2.45) is 0 Å². The predicted octanol–water partition coefficient (Wildman–Crippen LogP) is 2.05. The van der Waals surface area contributed by atoms with Crippen LogP contribution in [0.4, 0.5) is 0 Å². The first kappa shape index (κ1) is 25.1. The number of hydrogen-bond donors (Lipinski definition) is 0. The van der Waals surface area contributed by atoms with E-state index in [0.717, 1.165) is 0 Å². The summed E-state index contributed by atoms with van der Waals surface area (Å²) in [5.74, 6) is -1.75. The standard InChI is InChI=1S/C10H15IO5.C10H16O5/c1-5(12)13-4-6-7(11)8-9(14-6)16-10(2,3)15-8;1-6(11)12-5-7-4-8-9(13-7)15-10(2,3)14-8/h6-9H,4H2,1-3H3;7-9H,4-5H2,1-3H3/t6-,7+,8-,9?;7-,8+,9?/m10/s1. The van der Waals surface area contributed by atoms with Gasteiger partial charge in [0.15, 0.2) is 24.2 Å². The summed E-state index contributed by atoms with van der Waals surface area (Å²) in [5, 5.41) is 0. The molecule has 4 heterocycles. The minimum absolute atomic E-state index is 0.0411. The maximum absolute atomic E-state index is 10.7. The highest BCUT2D eigenvalue weighted by molar-refractivity contribution is 14.1. The molecule has 10 nitrogen and oxygen atoms in total. The van der Waals surface area contributed by atoms with E-state index in [2.05, 4.69) is 22.6 Å². The Bertz CT molecular complexity index is 652. The fraction of sp³-hybridized carbons (Fsp3) is 0.900. The molecule has 31 heavy (non-hydrogen) atoms. The van der Waals surface area contributed by atoms with Crippen LogP contribution in [0.2, 0.25) is 0 Å². The van der Waals surface area contributed by atoms with E-state index in [9.17, 15) is 9.59 Å². The Morgan fingerprint density at radius 1 is 0.871 bits per heavy atom. The van der Waals surface area contributed by atoms with Gasteiger partial charge in [-0.2, -0.15) is 0 Å². The van der Waals surface area contributed by atoms with Crippen molar-refractivity contribution in [2.45, 2.75) is 100 Å². The highest BCUT2D eigenvalue weighted by Gasteiger charge is 2.54. The number of halogens is 1. The van der Waals surface area contributed by atoms with Crippen LogP contribution in [0.3, 0.4) is 0 Å². The van der Waals surface area contributed by atoms with Crippen molar-refractivity contribution >= 4 is 34.5 Å². The quantitative estimate of drug-likeness (QED) is 0.289. The number of rotatable bonds is 4. The van der Waals surface area contributed by atoms with Crippen LogP contribution < -0.4 is 0 Å². The second-order valence-electron chi connectivity index (χ2n) is 8.73. The summed E-state index contributed by atoms with van der Waals surface area (Å²) >= 11 is 2.25. The van der Waals surface area contributed by atoms with Crippen molar-refractivity contribution in [1.29, 1.82) is 0 Å². The zero-order valence-corrected chi connectivity index (χ0v) is 20.8. The molecule has 4 fully saturated rings. The van der Waals surface area contributed by atoms with E-state index in [1.165, 1.54) is 13.8 Å². The van der Waals surface area contributed by atoms with E-state index in [0.29, 0.717) is 6.42 Å². The molecule has 0 radical (unpaired) electrons. The largest absolute Gasteiger partial charge is 0.463 e. The molecule has 0 bridgehead atoms. The van der Waals surface area contributed by atoms with Gasteiger partial charge >= 0.3 is 11.9 Å². The lowest BCUT2D eigenvalue weighted by Crippen LogP contribution is -2.33. The van der Waals surface area contributed by atoms with Gasteiger partial charge < -0.3 is 37.9 Å². The van der Waals surface area contributed by atoms with Gasteiger partial charge in [-0.25, -0.2) is 0 Å². The topological polar surface area (TPSA) is 108 Å². The van der Waals surface area contributed by atoms with Crippen molar-refractivity contribution in [3.63, 3.8) is 0 Å². The lowest BCUT2D eigenvalue weighted by atomic mass is 10.2. The van der Waals surface area contributed by atoms with Gasteiger partial charge in [0.05, 0.1) is 10.0 Å². The Kier molecular flexibility index (Phi) is 7.87. The molecule has 11 heteroatoms. The third-order valence-corrected chi connectivity index (χ3v) is 6.46. The third-order valence-electron chi connectivity index (χ3n) is 4.95. The fourth-order valence-electron chi connectivity index (χ4n) is 3.77. The Morgan fingerprint density at radius 3 is 2.03 bits per heavy atom. The maximum atomic E-state index is 10.7. The van der Waals surface area contributed by atoms with Gasteiger partial charge in [-0.15, -0.1) is 0 Å². The number of carbonyl (C=O) groups excluding carboxylic acids is 2. The number of esters is 2. The second-order valence-corrected chi connectivity index (χ2v) is 10.2. The van der Waals surface area contributed by atoms with Crippen LogP contribution in [0.5, 0.6) is 0 Å². The van der Waals surface area contributed by atoms with Crippen LogP contribution in [-0.4, -0.2) is 77.6 Å². The first-order valence-electron chi connectivity index (χ1n) is 10.3. The Labute approximate surface area is 195 Å². The molecule has 178 valence electrons. The van der Waals surface area contributed by atoms with Crippen LogP contribution >= 0.6 is 22.6 Å². The minimum atomic E-state index is -0.592. The molecule has 4 saturated heterocycles. The molecule has 4 rings (SSSR count). The normalized spacial score (nSPS) is 39.3. The molecular weight excluding hydrogens is 527 g/mol. The van der Waals surface area contributed by atoms with Crippen molar-refractivity contribution < 1.29 is 47.5 Å². The van der Waals surface area contributed by atoms with Gasteiger partial charge in [0.25, 0.3) is 0 Å². The van der Waals surface area contributed by atoms with E-state index in [1.54, 1.807) is 0 Å². The molecule has 0 amide bonds. The summed E-state index contributed by atoms with van der Waals surface area (Å²) in [7, 11) is 0. The van der Waals surface area contributed by atoms with Crippen LogP contribution in [0.25, 0.3) is 0 Å². The second kappa shape index (κ2) is 9.74. The van der Waals surface area contributed by atoms with Gasteiger partial charge in [0.1, 0.15) is 31.5 Å². The molecule has 0 saturated carbocycles. The average Bonchev–Trinajstić information content (AvgIpc) is 3.29. The number of ether oxygens (including phenoxy) is 8. The Morgan fingerprint density at radius 2 is 1.45 bits per heavy atom. The first-order valence-corrected chi connectivity index (χ1v) is 11.5. The highest BCUT2D eigenvalue weighted by atomic mass is 127. The van der Waals surface area contributed by atoms with Crippen LogP contribution in [-0.2, 0) is 47.5 Å². The zero-order chi connectivity index (χ0) is 23.0. The molecule has 0 spiro atoms. The molecule has 0 aliphatic carbocycles. The summed E-state index contributed by atoms with van der Waals surface area (Å²) < 4.78 is 43.6. The summed E-state index contributed by atoms with van der Waals surface area (Å²) in [6.07, 6.45) is -0.355. The fourth-order valence-corrected chi connectivity index (χ4v) is 4.63. The van der Waals surface area contributed by atoms with E-state index in [1.807, 2.05) is 27.7 Å². The van der Waals surface area contributed by atoms with Gasteiger partial charge in [-0.3, -0.25) is 9.59 Å². The van der Waals surface area contributed by atoms with E-state index < -0.39 is 11.6 Å². The van der Waals surface area contributed by atoms with E-state index in [4.69, 9.17) is 37.9 Å². The highest BCUT2D eigenvalue weighted by Crippen LogP contribution is 2.40. The summed E-state index contributed by atoms with van der Waals surface area (Å²) in [6, 6.07) is 0. The predicted molar refractivity (Wildman–Crippen MR) is 113 cm³/mol. The summed E-state index contributed by atoms with van der Waals surface area (Å²) in [6.45, 7) is 10.7. The molecule has 2 unspecified atom stereocenters. The van der Waals surface area contributed by atoms with Crippen LogP contribution in [0, 0.1) is 0 Å². The smallest absolute Gasteiger partial charge is 0.302 e. The number of fused-ring (bicyclic) bond motifs is 2. The molecule has 0 aromatic carbocycles. The summed E-state index contributed by atoms with van der Waals surface area (Å²) in [5.41, 5.74) is 0. The van der Waals surface area contributed by atoms with Crippen molar-refractivity contribution in [1.82, 2.24) is 0 Å². The minimum Gasteiger partial charge on any atom is -0.463 e. The van der Waals surface area contributed by atoms with Gasteiger partial charge in [0, 0.05) is 20.3 Å². The number of carbonyl (C=O) groups is 2. The van der Waals surface area contributed by atoms with Gasteiger partial charge in [0.2, 0.25) is 0 Å². The summed E-state index contributed by atoms with van der Waals surface area (Å²) in [4.78, 5) is 21.3.